The summed E-state index contributed by atoms with van der Waals surface area (Å²) in [6.07, 6.45) is 0.626. The molecule has 0 radical (unpaired) electrons. The SMILES string of the molecule is COc1cc(Cc2csc(N3CCN(S(=O)(=O)c4ccc(F)cc4Cl)CC3)n2)cc(OC)c1. The summed E-state index contributed by atoms with van der Waals surface area (Å²) in [4.78, 5) is 6.73. The predicted molar refractivity (Wildman–Crippen MR) is 127 cm³/mol. The minimum atomic E-state index is -3.80. The van der Waals surface area contributed by atoms with Gasteiger partial charge in [-0.2, -0.15) is 4.31 Å². The zero-order chi connectivity index (χ0) is 23.6. The van der Waals surface area contributed by atoms with Crippen LogP contribution in [0, 0.1) is 5.82 Å². The molecule has 11 heteroatoms. The fourth-order valence-corrected chi connectivity index (χ4v) is 6.45. The van der Waals surface area contributed by atoms with E-state index in [1.54, 1.807) is 14.2 Å². The number of hydrogen-bond donors (Lipinski definition) is 0. The second kappa shape index (κ2) is 9.84. The van der Waals surface area contributed by atoms with Gasteiger partial charge in [-0.1, -0.05) is 11.6 Å². The lowest BCUT2D eigenvalue weighted by atomic mass is 10.1. The third kappa shape index (κ3) is 5.24. The maximum absolute atomic E-state index is 13.3. The van der Waals surface area contributed by atoms with E-state index in [-0.39, 0.29) is 23.0 Å². The second-order valence-corrected chi connectivity index (χ2v) is 10.6. The smallest absolute Gasteiger partial charge is 0.244 e. The third-order valence-corrected chi connectivity index (χ3v) is 8.69. The fourth-order valence-electron chi connectivity index (χ4n) is 3.64. The summed E-state index contributed by atoms with van der Waals surface area (Å²) in [7, 11) is -0.568. The molecule has 4 rings (SSSR count). The lowest BCUT2D eigenvalue weighted by Crippen LogP contribution is -2.48. The quantitative estimate of drug-likeness (QED) is 0.476. The highest BCUT2D eigenvalue weighted by Gasteiger charge is 2.31. The van der Waals surface area contributed by atoms with Crippen LogP contribution >= 0.6 is 22.9 Å². The monoisotopic (exact) mass is 511 g/mol. The summed E-state index contributed by atoms with van der Waals surface area (Å²) in [5.41, 5.74) is 1.94. The van der Waals surface area contributed by atoms with E-state index in [0.29, 0.717) is 19.5 Å². The Hall–Kier alpha value is -2.40. The number of sulfonamides is 1. The molecule has 1 fully saturated rings. The molecule has 33 heavy (non-hydrogen) atoms. The van der Waals surface area contributed by atoms with E-state index < -0.39 is 15.8 Å². The molecule has 0 spiro atoms. The number of hydrogen-bond acceptors (Lipinski definition) is 7. The van der Waals surface area contributed by atoms with Crippen molar-refractivity contribution in [2.24, 2.45) is 0 Å². The van der Waals surface area contributed by atoms with E-state index >= 15 is 0 Å². The van der Waals surface area contributed by atoms with Gasteiger partial charge in [0.25, 0.3) is 0 Å². The van der Waals surface area contributed by atoms with Crippen LogP contribution in [0.15, 0.2) is 46.7 Å². The number of halogens is 2. The van der Waals surface area contributed by atoms with E-state index in [4.69, 9.17) is 26.1 Å². The number of anilines is 1. The van der Waals surface area contributed by atoms with Crippen molar-refractivity contribution in [1.29, 1.82) is 0 Å². The highest BCUT2D eigenvalue weighted by molar-refractivity contribution is 7.89. The Bertz CT molecular complexity index is 1220. The van der Waals surface area contributed by atoms with Gasteiger partial charge in [0.15, 0.2) is 5.13 Å². The molecule has 1 aromatic heterocycles. The van der Waals surface area contributed by atoms with E-state index in [1.165, 1.54) is 21.7 Å². The predicted octanol–water partition coefficient (Wildman–Crippen LogP) is 4.05. The Morgan fingerprint density at radius 1 is 1.06 bits per heavy atom. The van der Waals surface area contributed by atoms with Gasteiger partial charge in [-0.15, -0.1) is 11.3 Å². The minimum Gasteiger partial charge on any atom is -0.497 e. The molecule has 1 aliphatic heterocycles. The number of ether oxygens (including phenoxy) is 2. The number of aromatic nitrogens is 1. The third-order valence-electron chi connectivity index (χ3n) is 5.36. The fraction of sp³-hybridized carbons (Fsp3) is 0.318. The number of benzene rings is 2. The van der Waals surface area contributed by atoms with Crippen LogP contribution in [0.2, 0.25) is 5.02 Å². The van der Waals surface area contributed by atoms with Gasteiger partial charge in [0.2, 0.25) is 10.0 Å². The molecule has 0 saturated carbocycles. The Kier molecular flexibility index (Phi) is 7.08. The largest absolute Gasteiger partial charge is 0.497 e. The van der Waals surface area contributed by atoms with Gasteiger partial charge in [-0.25, -0.2) is 17.8 Å². The first-order chi connectivity index (χ1) is 15.8. The van der Waals surface area contributed by atoms with E-state index in [9.17, 15) is 12.8 Å². The number of nitrogens with zero attached hydrogens (tertiary/aromatic N) is 3. The number of piperazine rings is 1. The molecule has 0 atom stereocenters. The Labute approximate surface area is 201 Å². The zero-order valence-corrected chi connectivity index (χ0v) is 20.5. The van der Waals surface area contributed by atoms with Crippen LogP contribution in [-0.4, -0.2) is 58.1 Å². The molecule has 7 nitrogen and oxygen atoms in total. The maximum Gasteiger partial charge on any atom is 0.244 e. The first-order valence-electron chi connectivity index (χ1n) is 10.2. The van der Waals surface area contributed by atoms with Crippen molar-refractivity contribution in [3.05, 3.63) is 63.9 Å². The average molecular weight is 512 g/mol. The molecule has 0 aliphatic carbocycles. The summed E-state index contributed by atoms with van der Waals surface area (Å²) >= 11 is 7.51. The van der Waals surface area contributed by atoms with Crippen molar-refractivity contribution in [2.45, 2.75) is 11.3 Å². The van der Waals surface area contributed by atoms with Gasteiger partial charge >= 0.3 is 0 Å². The first kappa shape index (κ1) is 23.7. The molecule has 176 valence electrons. The highest BCUT2D eigenvalue weighted by Crippen LogP contribution is 2.29. The van der Waals surface area contributed by atoms with Gasteiger partial charge in [-0.05, 0) is 35.9 Å². The molecule has 0 N–H and O–H groups in total. The van der Waals surface area contributed by atoms with Gasteiger partial charge in [0.1, 0.15) is 22.2 Å². The summed E-state index contributed by atoms with van der Waals surface area (Å²) in [6, 6.07) is 9.05. The lowest BCUT2D eigenvalue weighted by molar-refractivity contribution is 0.384. The summed E-state index contributed by atoms with van der Waals surface area (Å²) < 4.78 is 51.2. The Balaban J connectivity index is 1.42. The van der Waals surface area contributed by atoms with Crippen LogP contribution in [0.25, 0.3) is 0 Å². The van der Waals surface area contributed by atoms with Crippen molar-refractivity contribution in [3.63, 3.8) is 0 Å². The molecule has 2 heterocycles. The van der Waals surface area contributed by atoms with Gasteiger partial charge < -0.3 is 14.4 Å². The maximum atomic E-state index is 13.3. The van der Waals surface area contributed by atoms with Gasteiger partial charge in [0, 0.05) is 44.0 Å². The molecular formula is C22H23ClFN3O4S2. The second-order valence-electron chi connectivity index (χ2n) is 7.48. The number of thiazole rings is 1. The molecule has 0 amide bonds. The molecule has 1 saturated heterocycles. The van der Waals surface area contributed by atoms with Crippen LogP contribution < -0.4 is 14.4 Å². The number of methoxy groups -OCH3 is 2. The van der Waals surface area contributed by atoms with Crippen molar-refractivity contribution in [3.8, 4) is 11.5 Å². The topological polar surface area (TPSA) is 72.0 Å². The molecule has 1 aliphatic rings. The van der Waals surface area contributed by atoms with E-state index in [2.05, 4.69) is 4.90 Å². The van der Waals surface area contributed by atoms with Crippen molar-refractivity contribution >= 4 is 38.1 Å². The first-order valence-corrected chi connectivity index (χ1v) is 12.9. The minimum absolute atomic E-state index is 0.0794. The van der Waals surface area contributed by atoms with Crippen LogP contribution in [0.5, 0.6) is 11.5 Å². The van der Waals surface area contributed by atoms with Gasteiger partial charge in [0.05, 0.1) is 24.9 Å². The summed E-state index contributed by atoms with van der Waals surface area (Å²) in [5.74, 6) is 0.868. The van der Waals surface area contributed by atoms with Crippen molar-refractivity contribution in [2.75, 3.05) is 45.3 Å². The lowest BCUT2D eigenvalue weighted by Gasteiger charge is -2.33. The van der Waals surface area contributed by atoms with Crippen LogP contribution in [0.3, 0.4) is 0 Å². The average Bonchev–Trinajstić information content (AvgIpc) is 3.27. The van der Waals surface area contributed by atoms with Crippen molar-refractivity contribution in [1.82, 2.24) is 9.29 Å². The molecule has 2 aromatic carbocycles. The van der Waals surface area contributed by atoms with Crippen molar-refractivity contribution < 1.29 is 22.3 Å². The zero-order valence-electron chi connectivity index (χ0n) is 18.1. The van der Waals surface area contributed by atoms with Crippen LogP contribution in [0.4, 0.5) is 9.52 Å². The Morgan fingerprint density at radius 2 is 1.73 bits per heavy atom. The highest BCUT2D eigenvalue weighted by atomic mass is 35.5. The number of rotatable bonds is 7. The Morgan fingerprint density at radius 3 is 2.33 bits per heavy atom. The van der Waals surface area contributed by atoms with Crippen LogP contribution in [0.1, 0.15) is 11.3 Å². The summed E-state index contributed by atoms with van der Waals surface area (Å²) in [6.45, 7) is 1.58. The standard InChI is InChI=1S/C22H23ClFN3O4S2/c1-30-18-10-15(11-19(13-18)31-2)9-17-14-32-22(25-17)26-5-7-27(8-6-26)33(28,29)21-4-3-16(24)12-20(21)23/h3-4,10-14H,5-9H2,1-2H3. The van der Waals surface area contributed by atoms with E-state index in [1.807, 2.05) is 23.6 Å². The van der Waals surface area contributed by atoms with Crippen LogP contribution in [-0.2, 0) is 16.4 Å². The molecular weight excluding hydrogens is 489 g/mol. The molecule has 3 aromatic rings. The molecule has 0 bridgehead atoms. The van der Waals surface area contributed by atoms with Gasteiger partial charge in [-0.3, -0.25) is 0 Å². The normalized spacial score (nSPS) is 15.0. The molecule has 0 unspecified atom stereocenters. The van der Waals surface area contributed by atoms with E-state index in [0.717, 1.165) is 40.0 Å². The summed E-state index contributed by atoms with van der Waals surface area (Å²) in [5, 5.41) is 2.73.